The van der Waals surface area contributed by atoms with Crippen LogP contribution in [-0.2, 0) is 6.54 Å². The summed E-state index contributed by atoms with van der Waals surface area (Å²) in [6.45, 7) is 9.08. The summed E-state index contributed by atoms with van der Waals surface area (Å²) in [5.41, 5.74) is 2.20. The van der Waals surface area contributed by atoms with E-state index >= 15 is 0 Å². The molecule has 0 unspecified atom stereocenters. The number of benzene rings is 1. The monoisotopic (exact) mass is 375 g/mol. The first kappa shape index (κ1) is 18.5. The summed E-state index contributed by atoms with van der Waals surface area (Å²) in [5, 5.41) is 2.97. The lowest BCUT2D eigenvalue weighted by molar-refractivity contribution is 0.0833. The number of nitrogens with zero attached hydrogens (tertiary/aromatic N) is 2. The number of hydrogen-bond acceptors (Lipinski definition) is 5. The number of carbonyl (C=O) groups excluding carboxylic acids is 1. The lowest BCUT2D eigenvalue weighted by Crippen LogP contribution is -2.45. The number of carbonyl (C=O) groups is 1. The molecule has 0 saturated heterocycles. The maximum atomic E-state index is 12.9. The van der Waals surface area contributed by atoms with E-state index in [-0.39, 0.29) is 6.03 Å². The lowest BCUT2D eigenvalue weighted by atomic mass is 10.1. The van der Waals surface area contributed by atoms with Gasteiger partial charge in [0.1, 0.15) is 22.9 Å². The van der Waals surface area contributed by atoms with Gasteiger partial charge in [0, 0.05) is 11.6 Å². The molecule has 0 fully saturated rings. The second-order valence-corrected chi connectivity index (χ2v) is 8.23. The third-order valence-corrected chi connectivity index (χ3v) is 5.35. The first-order valence-corrected chi connectivity index (χ1v) is 9.52. The highest BCUT2D eigenvalue weighted by atomic mass is 32.1. The molecule has 1 aromatic heterocycles. The van der Waals surface area contributed by atoms with E-state index < -0.39 is 5.60 Å². The smallest absolute Gasteiger partial charge is 0.323 e. The van der Waals surface area contributed by atoms with Crippen molar-refractivity contribution >= 4 is 23.2 Å². The van der Waals surface area contributed by atoms with Gasteiger partial charge in [-0.15, -0.1) is 11.3 Å². The Labute approximate surface area is 158 Å². The maximum Gasteiger partial charge on any atom is 0.323 e. The summed E-state index contributed by atoms with van der Waals surface area (Å²) >= 11 is 1.56. The molecule has 6 nitrogen and oxygen atoms in total. The highest BCUT2D eigenvalue weighted by Gasteiger charge is 2.32. The third kappa shape index (κ3) is 3.93. The van der Waals surface area contributed by atoms with Crippen molar-refractivity contribution in [3.8, 4) is 11.5 Å². The standard InChI is InChI=1S/C19H25N3O3S/c1-12(2)16-17(20-11-26-16)21-18(23)22-9-13-6-7-14(24-5)8-15(13)25-19(3,4)10-22/h6-8,11-12H,9-10H2,1-5H3,(H,21,23). The average Bonchev–Trinajstić information content (AvgIpc) is 2.97. The molecule has 0 radical (unpaired) electrons. The summed E-state index contributed by atoms with van der Waals surface area (Å²) in [4.78, 5) is 20.1. The number of methoxy groups -OCH3 is 1. The minimum absolute atomic E-state index is 0.168. The number of ether oxygens (including phenoxy) is 2. The third-order valence-electron chi connectivity index (χ3n) is 4.23. The highest BCUT2D eigenvalue weighted by molar-refractivity contribution is 7.10. The van der Waals surface area contributed by atoms with Gasteiger partial charge in [-0.2, -0.15) is 0 Å². The van der Waals surface area contributed by atoms with Gasteiger partial charge in [0.15, 0.2) is 0 Å². The molecule has 140 valence electrons. The molecule has 7 heteroatoms. The number of nitrogens with one attached hydrogen (secondary N) is 1. The van der Waals surface area contributed by atoms with Gasteiger partial charge in [-0.1, -0.05) is 13.8 Å². The number of fused-ring (bicyclic) bond motifs is 1. The van der Waals surface area contributed by atoms with Crippen LogP contribution in [-0.4, -0.2) is 35.2 Å². The fourth-order valence-corrected chi connectivity index (χ4v) is 3.78. The molecule has 3 rings (SSSR count). The summed E-state index contributed by atoms with van der Waals surface area (Å²) in [6, 6.07) is 5.53. The Hall–Kier alpha value is -2.28. The zero-order valence-electron chi connectivity index (χ0n) is 15.8. The van der Waals surface area contributed by atoms with E-state index in [1.54, 1.807) is 28.9 Å². The molecule has 1 aromatic carbocycles. The summed E-state index contributed by atoms with van der Waals surface area (Å²) in [6.07, 6.45) is 0. The number of urea groups is 1. The van der Waals surface area contributed by atoms with Gasteiger partial charge >= 0.3 is 6.03 Å². The molecule has 0 aliphatic carbocycles. The first-order valence-electron chi connectivity index (χ1n) is 8.64. The Morgan fingerprint density at radius 2 is 2.19 bits per heavy atom. The maximum absolute atomic E-state index is 12.9. The van der Waals surface area contributed by atoms with Crippen molar-refractivity contribution in [1.29, 1.82) is 0 Å². The quantitative estimate of drug-likeness (QED) is 0.859. The van der Waals surface area contributed by atoms with Crippen LogP contribution in [0, 0.1) is 0 Å². The van der Waals surface area contributed by atoms with Crippen molar-refractivity contribution in [2.24, 2.45) is 0 Å². The van der Waals surface area contributed by atoms with Crippen LogP contribution in [0.5, 0.6) is 11.5 Å². The Balaban J connectivity index is 1.84. The zero-order chi connectivity index (χ0) is 18.9. The Kier molecular flexibility index (Phi) is 5.09. The van der Waals surface area contributed by atoms with Crippen molar-refractivity contribution < 1.29 is 14.3 Å². The van der Waals surface area contributed by atoms with Crippen LogP contribution in [0.3, 0.4) is 0 Å². The van der Waals surface area contributed by atoms with Crippen molar-refractivity contribution in [2.75, 3.05) is 19.0 Å². The molecule has 26 heavy (non-hydrogen) atoms. The number of rotatable bonds is 3. The van der Waals surface area contributed by atoms with Gasteiger partial charge in [-0.3, -0.25) is 5.32 Å². The van der Waals surface area contributed by atoms with Crippen LogP contribution in [0.25, 0.3) is 0 Å². The molecule has 2 amide bonds. The van der Waals surface area contributed by atoms with Crippen LogP contribution >= 0.6 is 11.3 Å². The summed E-state index contributed by atoms with van der Waals surface area (Å²) < 4.78 is 11.4. The second kappa shape index (κ2) is 7.15. The first-order chi connectivity index (χ1) is 12.3. The van der Waals surface area contributed by atoms with E-state index in [1.807, 2.05) is 32.0 Å². The molecule has 0 saturated carbocycles. The zero-order valence-corrected chi connectivity index (χ0v) is 16.6. The van der Waals surface area contributed by atoms with Crippen LogP contribution < -0.4 is 14.8 Å². The van der Waals surface area contributed by atoms with Crippen molar-refractivity contribution in [3.63, 3.8) is 0 Å². The Morgan fingerprint density at radius 3 is 2.88 bits per heavy atom. The number of amides is 2. The van der Waals surface area contributed by atoms with Gasteiger partial charge < -0.3 is 14.4 Å². The minimum Gasteiger partial charge on any atom is -0.497 e. The van der Waals surface area contributed by atoms with Gasteiger partial charge in [-0.25, -0.2) is 9.78 Å². The predicted octanol–water partition coefficient (Wildman–Crippen LogP) is 4.48. The van der Waals surface area contributed by atoms with Crippen molar-refractivity contribution in [3.05, 3.63) is 34.2 Å². The fourth-order valence-electron chi connectivity index (χ4n) is 3.02. The molecule has 0 atom stereocenters. The molecule has 2 heterocycles. The van der Waals surface area contributed by atoms with Gasteiger partial charge in [0.25, 0.3) is 0 Å². The number of aromatic nitrogens is 1. The Bertz CT molecular complexity index is 801. The minimum atomic E-state index is -0.516. The lowest BCUT2D eigenvalue weighted by Gasteiger charge is -2.29. The van der Waals surface area contributed by atoms with Gasteiger partial charge in [0.05, 0.1) is 30.6 Å². The number of thiazole rings is 1. The van der Waals surface area contributed by atoms with Crippen molar-refractivity contribution in [2.45, 2.75) is 45.8 Å². The molecule has 1 aliphatic rings. The number of hydrogen-bond donors (Lipinski definition) is 1. The van der Waals surface area contributed by atoms with Crippen molar-refractivity contribution in [1.82, 2.24) is 9.88 Å². The van der Waals surface area contributed by atoms with Crippen LogP contribution in [0.1, 0.15) is 44.1 Å². The normalized spacial score (nSPS) is 15.8. The van der Waals surface area contributed by atoms with E-state index in [1.165, 1.54) is 0 Å². The fraction of sp³-hybridized carbons (Fsp3) is 0.474. The topological polar surface area (TPSA) is 63.7 Å². The Morgan fingerprint density at radius 1 is 1.42 bits per heavy atom. The largest absolute Gasteiger partial charge is 0.497 e. The molecule has 1 aliphatic heterocycles. The van der Waals surface area contributed by atoms with E-state index in [2.05, 4.69) is 24.1 Å². The van der Waals surface area contributed by atoms with Gasteiger partial charge in [-0.05, 0) is 31.9 Å². The molecular formula is C19H25N3O3S. The SMILES string of the molecule is COc1ccc2c(c1)OC(C)(C)CN(C(=O)Nc1ncsc1C(C)C)C2. The van der Waals surface area contributed by atoms with E-state index in [0.29, 0.717) is 24.8 Å². The van der Waals surface area contributed by atoms with E-state index in [4.69, 9.17) is 9.47 Å². The van der Waals surface area contributed by atoms with Crippen LogP contribution in [0.4, 0.5) is 10.6 Å². The average molecular weight is 375 g/mol. The molecule has 1 N–H and O–H groups in total. The molecule has 0 bridgehead atoms. The molecule has 0 spiro atoms. The van der Waals surface area contributed by atoms with Crippen LogP contribution in [0.2, 0.25) is 0 Å². The molecular weight excluding hydrogens is 350 g/mol. The van der Waals surface area contributed by atoms with E-state index in [9.17, 15) is 4.79 Å². The molecule has 2 aromatic rings. The summed E-state index contributed by atoms with van der Waals surface area (Å²) in [7, 11) is 1.63. The second-order valence-electron chi connectivity index (χ2n) is 7.34. The van der Waals surface area contributed by atoms with Gasteiger partial charge in [0.2, 0.25) is 0 Å². The van der Waals surface area contributed by atoms with Crippen LogP contribution in [0.15, 0.2) is 23.7 Å². The number of anilines is 1. The van der Waals surface area contributed by atoms with E-state index in [0.717, 1.165) is 21.9 Å². The highest BCUT2D eigenvalue weighted by Crippen LogP contribution is 2.33. The summed E-state index contributed by atoms with van der Waals surface area (Å²) in [5.74, 6) is 2.45. The predicted molar refractivity (Wildman–Crippen MR) is 103 cm³/mol.